The molecule has 0 saturated carbocycles. The third-order valence-corrected chi connectivity index (χ3v) is 4.79. The van der Waals surface area contributed by atoms with Crippen LogP contribution in [0.1, 0.15) is 6.92 Å². The number of anilines is 2. The first-order chi connectivity index (χ1) is 15.4. The summed E-state index contributed by atoms with van der Waals surface area (Å²) in [7, 11) is 4.98. The zero-order valence-electron chi connectivity index (χ0n) is 18.0. The maximum atomic E-state index is 13.4. The maximum absolute atomic E-state index is 13.4. The first-order valence-electron chi connectivity index (χ1n) is 9.68. The number of ether oxygens (including phenoxy) is 2. The molecule has 0 saturated heterocycles. The molecule has 12 heteroatoms. The second kappa shape index (κ2) is 8.36. The van der Waals surface area contributed by atoms with Crippen molar-refractivity contribution < 1.29 is 18.3 Å². The Bertz CT molecular complexity index is 1250. The molecule has 0 spiro atoms. The minimum absolute atomic E-state index is 0.266. The highest BCUT2D eigenvalue weighted by Crippen LogP contribution is 2.32. The molecule has 0 bridgehead atoms. The average Bonchev–Trinajstić information content (AvgIpc) is 3.36. The van der Waals surface area contributed by atoms with E-state index in [1.807, 2.05) is 0 Å². The van der Waals surface area contributed by atoms with Gasteiger partial charge in [0.2, 0.25) is 5.88 Å². The summed E-state index contributed by atoms with van der Waals surface area (Å²) in [5.41, 5.74) is -0.594. The van der Waals surface area contributed by atoms with Crippen LogP contribution in [0.2, 0.25) is 0 Å². The van der Waals surface area contributed by atoms with Crippen molar-refractivity contribution in [2.45, 2.75) is 12.5 Å². The predicted octanol–water partition coefficient (Wildman–Crippen LogP) is 2.99. The molecule has 168 valence electrons. The van der Waals surface area contributed by atoms with Gasteiger partial charge in [0.15, 0.2) is 17.1 Å². The van der Waals surface area contributed by atoms with E-state index >= 15 is 0 Å². The molecule has 0 amide bonds. The Morgan fingerprint density at radius 2 is 1.91 bits per heavy atom. The van der Waals surface area contributed by atoms with E-state index in [0.29, 0.717) is 40.1 Å². The molecule has 32 heavy (non-hydrogen) atoms. The van der Waals surface area contributed by atoms with Gasteiger partial charge in [-0.2, -0.15) is 15.2 Å². The highest BCUT2D eigenvalue weighted by molar-refractivity contribution is 5.84. The van der Waals surface area contributed by atoms with Gasteiger partial charge in [0.05, 0.1) is 18.7 Å². The lowest BCUT2D eigenvalue weighted by molar-refractivity contribution is 0.0366. The first-order valence-corrected chi connectivity index (χ1v) is 9.68. The molecule has 4 heterocycles. The number of halogens is 2. The van der Waals surface area contributed by atoms with Gasteiger partial charge in [0.1, 0.15) is 36.4 Å². The smallest absolute Gasteiger partial charge is 0.216 e. The minimum atomic E-state index is -1.61. The molecule has 4 rings (SSSR count). The van der Waals surface area contributed by atoms with Crippen molar-refractivity contribution in [3.05, 3.63) is 30.6 Å². The summed E-state index contributed by atoms with van der Waals surface area (Å²) in [5.74, 6) is 2.06. The van der Waals surface area contributed by atoms with E-state index in [-0.39, 0.29) is 5.75 Å². The predicted molar refractivity (Wildman–Crippen MR) is 114 cm³/mol. The summed E-state index contributed by atoms with van der Waals surface area (Å²) in [6, 6.07) is 4.96. The quantitative estimate of drug-likeness (QED) is 0.442. The van der Waals surface area contributed by atoms with E-state index in [0.717, 1.165) is 0 Å². The number of hydrogen-bond donors (Lipinski definition) is 1. The highest BCUT2D eigenvalue weighted by Gasteiger charge is 2.28. The van der Waals surface area contributed by atoms with Crippen LogP contribution in [-0.4, -0.2) is 60.6 Å². The third kappa shape index (κ3) is 4.03. The molecule has 0 aliphatic carbocycles. The normalized spacial score (nSPS) is 11.7. The summed E-state index contributed by atoms with van der Waals surface area (Å²) in [6.45, 7) is -0.603. The fourth-order valence-electron chi connectivity index (χ4n) is 2.99. The van der Waals surface area contributed by atoms with Crippen molar-refractivity contribution in [1.82, 2.24) is 34.5 Å². The van der Waals surface area contributed by atoms with Crippen LogP contribution in [0.3, 0.4) is 0 Å². The fourth-order valence-corrected chi connectivity index (χ4v) is 2.99. The number of rotatable bonds is 8. The van der Waals surface area contributed by atoms with Gasteiger partial charge in [-0.3, -0.25) is 9.36 Å². The Labute approximate surface area is 182 Å². The van der Waals surface area contributed by atoms with Gasteiger partial charge in [-0.15, -0.1) is 0 Å². The van der Waals surface area contributed by atoms with Crippen LogP contribution < -0.4 is 14.8 Å². The molecule has 0 atom stereocenters. The van der Waals surface area contributed by atoms with E-state index < -0.39 is 19.0 Å². The van der Waals surface area contributed by atoms with E-state index in [9.17, 15) is 8.78 Å². The van der Waals surface area contributed by atoms with Crippen molar-refractivity contribution >= 4 is 22.7 Å². The van der Waals surface area contributed by atoms with Crippen molar-refractivity contribution in [2.24, 2.45) is 14.1 Å². The summed E-state index contributed by atoms with van der Waals surface area (Å²) in [5, 5.41) is 12.3. The lowest BCUT2D eigenvalue weighted by Gasteiger charge is -2.25. The van der Waals surface area contributed by atoms with Crippen molar-refractivity contribution in [2.75, 3.05) is 25.8 Å². The van der Waals surface area contributed by atoms with Gasteiger partial charge in [-0.1, -0.05) is 0 Å². The standard InChI is InChI=1S/C20H22F2N8O2/c1-20(10-21,11-22)32-14-8-15(26-19-12(14)9-24-30(19)3)25-16-7-13(28-29(16)2)18-23-6-5-17(27-18)31-4/h5-9H,10-11H2,1-4H3,(H,25,26). The van der Waals surface area contributed by atoms with Crippen LogP contribution in [0.15, 0.2) is 30.6 Å². The number of nitrogens with one attached hydrogen (secondary N) is 1. The number of nitrogens with zero attached hydrogens (tertiary/aromatic N) is 7. The van der Waals surface area contributed by atoms with Gasteiger partial charge in [0, 0.05) is 38.5 Å². The largest absolute Gasteiger partial charge is 0.481 e. The van der Waals surface area contributed by atoms with Gasteiger partial charge in [-0.05, 0) is 6.92 Å². The van der Waals surface area contributed by atoms with Crippen LogP contribution >= 0.6 is 0 Å². The SMILES string of the molecule is COc1ccnc(-c2cc(Nc3cc(OC(C)(CF)CF)c4cnn(C)c4n3)n(C)n2)n1. The van der Waals surface area contributed by atoms with Crippen molar-refractivity contribution in [3.63, 3.8) is 0 Å². The van der Waals surface area contributed by atoms with Crippen LogP contribution in [0.25, 0.3) is 22.6 Å². The number of alkyl halides is 2. The van der Waals surface area contributed by atoms with Gasteiger partial charge in [-0.25, -0.2) is 18.7 Å². The first kappa shape index (κ1) is 21.4. The number of methoxy groups -OCH3 is 1. The molecule has 1 N–H and O–H groups in total. The van der Waals surface area contributed by atoms with Gasteiger partial charge < -0.3 is 14.8 Å². The van der Waals surface area contributed by atoms with Crippen LogP contribution in [0.4, 0.5) is 20.4 Å². The summed E-state index contributed by atoms with van der Waals surface area (Å²) >= 11 is 0. The molecular formula is C20H22F2N8O2. The Morgan fingerprint density at radius 1 is 1.12 bits per heavy atom. The second-order valence-electron chi connectivity index (χ2n) is 7.42. The molecule has 0 aliphatic heterocycles. The van der Waals surface area contributed by atoms with Crippen molar-refractivity contribution in [1.29, 1.82) is 0 Å². The lowest BCUT2D eigenvalue weighted by Crippen LogP contribution is -2.37. The number of pyridine rings is 1. The van der Waals surface area contributed by atoms with Crippen molar-refractivity contribution in [3.8, 4) is 23.1 Å². The number of fused-ring (bicyclic) bond motifs is 1. The molecule has 0 aliphatic rings. The molecule has 0 aromatic carbocycles. The van der Waals surface area contributed by atoms with E-state index in [2.05, 4.69) is 30.5 Å². The molecule has 0 fully saturated rings. The molecule has 4 aromatic rings. The Hall–Kier alpha value is -3.83. The molecule has 4 aromatic heterocycles. The lowest BCUT2D eigenvalue weighted by atomic mass is 10.1. The molecular weight excluding hydrogens is 422 g/mol. The number of hydrogen-bond acceptors (Lipinski definition) is 8. The van der Waals surface area contributed by atoms with Gasteiger partial charge in [0.25, 0.3) is 0 Å². The fraction of sp³-hybridized carbons (Fsp3) is 0.350. The average molecular weight is 444 g/mol. The number of aromatic nitrogens is 7. The molecule has 0 radical (unpaired) electrons. The van der Waals surface area contributed by atoms with E-state index in [1.54, 1.807) is 54.1 Å². The second-order valence-corrected chi connectivity index (χ2v) is 7.42. The monoisotopic (exact) mass is 444 g/mol. The minimum Gasteiger partial charge on any atom is -0.481 e. The molecule has 10 nitrogen and oxygen atoms in total. The summed E-state index contributed by atoms with van der Waals surface area (Å²) in [6.07, 6.45) is 3.12. The van der Waals surface area contributed by atoms with Gasteiger partial charge >= 0.3 is 0 Å². The third-order valence-electron chi connectivity index (χ3n) is 4.79. The Morgan fingerprint density at radius 3 is 2.62 bits per heavy atom. The Kier molecular flexibility index (Phi) is 5.59. The molecule has 0 unspecified atom stereocenters. The zero-order valence-corrected chi connectivity index (χ0v) is 18.0. The summed E-state index contributed by atoms with van der Waals surface area (Å²) in [4.78, 5) is 13.1. The van der Waals surface area contributed by atoms with E-state index in [1.165, 1.54) is 14.0 Å². The van der Waals surface area contributed by atoms with Crippen LogP contribution in [-0.2, 0) is 14.1 Å². The Balaban J connectivity index is 1.70. The maximum Gasteiger partial charge on any atom is 0.216 e. The highest BCUT2D eigenvalue weighted by atomic mass is 19.1. The topological polar surface area (TPSA) is 105 Å². The number of aryl methyl sites for hydroxylation is 2. The zero-order chi connectivity index (χ0) is 22.9. The van der Waals surface area contributed by atoms with E-state index in [4.69, 9.17) is 9.47 Å². The summed E-state index contributed by atoms with van der Waals surface area (Å²) < 4.78 is 40.8. The van der Waals surface area contributed by atoms with Crippen LogP contribution in [0, 0.1) is 0 Å². The van der Waals surface area contributed by atoms with Crippen LogP contribution in [0.5, 0.6) is 11.6 Å².